The van der Waals surface area contributed by atoms with Gasteiger partial charge in [-0.1, -0.05) is 94.3 Å². The van der Waals surface area contributed by atoms with Gasteiger partial charge in [0.1, 0.15) is 52.9 Å². The number of hydrogen-bond donors (Lipinski definition) is 11. The van der Waals surface area contributed by atoms with E-state index in [1.165, 1.54) is 38.1 Å². The number of fused-ring (bicyclic) bond motifs is 1. The number of aliphatic hydroxyl groups is 2. The van der Waals surface area contributed by atoms with Crippen molar-refractivity contribution in [3.8, 4) is 17.2 Å². The van der Waals surface area contributed by atoms with Gasteiger partial charge in [0.05, 0.1) is 90.3 Å². The van der Waals surface area contributed by atoms with Gasteiger partial charge in [-0.3, -0.25) is 28.8 Å². The zero-order valence-electron chi connectivity index (χ0n) is 71.0. The summed E-state index contributed by atoms with van der Waals surface area (Å²) in [7, 11) is -6.36. The number of amidine groups is 1. The molecule has 4 aromatic rings. The number of unbranched alkanes of at least 4 members (excludes halogenated alkanes) is 2. The van der Waals surface area contributed by atoms with E-state index in [0.29, 0.717) is 59.8 Å². The second-order valence-corrected chi connectivity index (χ2v) is 35.3. The number of anilines is 2. The van der Waals surface area contributed by atoms with Crippen LogP contribution in [0, 0.1) is 52.6 Å². The first-order chi connectivity index (χ1) is 52.9. The molecule has 18 N–H and O–H groups in total. The summed E-state index contributed by atoms with van der Waals surface area (Å²) >= 11 is 0. The molecular formula is C74H115Cl2FN12Na2O23S4. The van der Waals surface area contributed by atoms with E-state index in [1.807, 2.05) is 48.5 Å². The number of carboxylic acids is 1. The predicted octanol–water partition coefficient (Wildman–Crippen LogP) is 5.00. The van der Waals surface area contributed by atoms with E-state index in [4.69, 9.17) is 92.0 Å². The normalized spacial score (nSPS) is 11.4. The molecule has 0 saturated carbocycles. The molecule has 44 heteroatoms. The molecule has 1 aliphatic heterocycles. The van der Waals surface area contributed by atoms with Gasteiger partial charge in [-0.25, -0.2) is 50.8 Å². The first-order valence-electron chi connectivity index (χ1n) is 35.0. The quantitative estimate of drug-likeness (QED) is 0.00622. The van der Waals surface area contributed by atoms with Crippen LogP contribution < -0.4 is 112 Å². The number of isocyanates is 1. The van der Waals surface area contributed by atoms with Gasteiger partial charge in [0.2, 0.25) is 33.0 Å². The summed E-state index contributed by atoms with van der Waals surface area (Å²) in [5.74, 6) is -0.719. The number of rotatable bonds is 30. The number of aliphatic carboxylic acids is 1. The minimum Gasteiger partial charge on any atom is -1.00 e. The Kier molecular flexibility index (Phi) is 68.1. The van der Waals surface area contributed by atoms with Crippen LogP contribution in [0.5, 0.6) is 17.2 Å². The summed E-state index contributed by atoms with van der Waals surface area (Å²) in [5.41, 5.74) is 20.6. The van der Waals surface area contributed by atoms with Crippen LogP contribution in [0.4, 0.5) is 32.8 Å². The SMILES string of the molecule is CC(C)(CO)C(=O)O.CCCCC(=O)C(C)(C)COc1cccc2c1C(N)=NS(=O)(=O)C2.CCCN.CCCNC(=O)C(C)(C)CO.NS(=O)(=O)Cl.O=C=NS(=O)(=O)Cl.O=CO.[C-]#[N+]c1c(CS(N)(=O)=O)cccc1OCC(C)(C)C(=O)CCC.[C-]#[N+]c1c(N)cccc1F.[C-]#[N+]c1c(N)cccc1OCC(C)(C)C(=O)CCCC.[H-].[Na+].[Na+].[OH-]. The van der Waals surface area contributed by atoms with Crippen LogP contribution in [0.15, 0.2) is 81.6 Å². The third kappa shape index (κ3) is 57.8. The number of nitrogens with one attached hydrogen (secondary N) is 1. The molecule has 0 unspecified atom stereocenters. The molecule has 0 radical (unpaired) electrons. The molecular weight excluding hydrogens is 1690 g/mol. The van der Waals surface area contributed by atoms with Crippen molar-refractivity contribution >= 4 is 136 Å². The molecule has 35 nitrogen and oxygen atoms in total. The molecule has 0 fully saturated rings. The topological polar surface area (TPSA) is 601 Å². The number of benzene rings is 4. The number of hydrogen-bond acceptors (Lipinski definition) is 25. The fraction of sp³-hybridized carbons (Fsp3) is 0.527. The Bertz CT molecular complexity index is 4440. The molecule has 0 spiro atoms. The first kappa shape index (κ1) is 126. The van der Waals surface area contributed by atoms with Crippen LogP contribution in [-0.2, 0) is 83.6 Å². The standard InChI is InChI=1S/C17H24N2O4S.C16H22N2O4S.C16H22N2O2.C8H17NO2.C7H5FN2.C5H10O3.C3H9N.CClNO3S.CH2O2.ClH2NO2S.2Na.H2O.H/c1-4-5-9-14(20)17(2,3)11-23-13-8-6-7-12-10-24(21,22)19-16(18)15(12)13;1-5-7-14(19)16(2,3)11-22-13-9-6-8-12(15(13)18-4)10-23(17,20)21;1-5-6-10-14(19)16(2,3)11-20-13-9-7-8-12(17)15(13)18-4;1-4-5-9-7(11)8(2,3)6-10;1-10-7-5(8)3-2-4-6(7)9;1-5(2,3-6)4(7)8;1-2-3-4;2-7(5,6)3-1-4;2-1-3;1-5(2,3)4;;;;/h6-8H,4-5,9-11H2,1-3H3,(H2,18,19);6,8-9H,5,7,10-11H2,1-3H3,(H2,17,20,21);7-9H,5-6,10-11,17H2,1-3H3;10H,4-6H2,1-3H3,(H,9,11);2-4H,9H2;6H,3H2,1-2H3,(H,7,8);2-4H2,1H3;;1H,(H,2,3);(H2,2,3,4);;;1H2;/q;;;;;;;;;;2*+1;;-1/p-1. The number of para-hydroxylation sites is 3. The largest absolute Gasteiger partial charge is 1.00 e. The molecule has 4 aromatic carbocycles. The molecule has 0 bridgehead atoms. The Morgan fingerprint density at radius 1 is 0.636 bits per heavy atom. The van der Waals surface area contributed by atoms with Crippen molar-refractivity contribution in [1.82, 2.24) is 5.32 Å². The smallest absolute Gasteiger partial charge is 1.00 e. The molecule has 1 heterocycles. The van der Waals surface area contributed by atoms with Crippen LogP contribution >= 0.6 is 21.4 Å². The van der Waals surface area contributed by atoms with Gasteiger partial charge in [-0.15, -0.1) is 4.40 Å². The Morgan fingerprint density at radius 3 is 1.33 bits per heavy atom. The number of sulfonamides is 2. The number of amides is 1. The van der Waals surface area contributed by atoms with Gasteiger partial charge in [0, 0.05) is 58.5 Å². The van der Waals surface area contributed by atoms with Gasteiger partial charge in [0.15, 0.2) is 0 Å². The molecule has 0 saturated heterocycles. The van der Waals surface area contributed by atoms with Crippen LogP contribution in [0.1, 0.15) is 186 Å². The summed E-state index contributed by atoms with van der Waals surface area (Å²) in [5, 5.41) is 44.2. The molecule has 1 amide bonds. The number of halogens is 3. The zero-order valence-corrected chi connectivity index (χ0v) is 78.8. The van der Waals surface area contributed by atoms with Crippen molar-refractivity contribution < 1.29 is 172 Å². The van der Waals surface area contributed by atoms with E-state index in [-0.39, 0.29) is 169 Å². The molecule has 656 valence electrons. The number of ether oxygens (including phenoxy) is 3. The van der Waals surface area contributed by atoms with Crippen LogP contribution in [-0.4, -0.2) is 153 Å². The minimum atomic E-state index is -4.00. The number of Topliss-reactive ketones (excluding diaryl/α,β-unsaturated/α-hetero) is 3. The third-order valence-corrected chi connectivity index (χ3v) is 17.1. The second-order valence-electron chi connectivity index (χ2n) is 27.6. The molecule has 118 heavy (non-hydrogen) atoms. The average molecular weight is 1800 g/mol. The number of nitrogen functional groups attached to an aromatic ring is 2. The number of primary sulfonamides is 1. The Morgan fingerprint density at radius 2 is 1.01 bits per heavy atom. The first-order valence-corrected chi connectivity index (χ1v) is 43.0. The summed E-state index contributed by atoms with van der Waals surface area (Å²) in [6.07, 6.45) is 8.84. The van der Waals surface area contributed by atoms with E-state index in [0.717, 1.165) is 57.6 Å². The number of carboxylic acid groups (broad SMARTS) is 2. The fourth-order valence-electron chi connectivity index (χ4n) is 7.70. The summed E-state index contributed by atoms with van der Waals surface area (Å²) in [6.45, 7) is 49.8. The number of nitrogens with two attached hydrogens (primary N) is 6. The van der Waals surface area contributed by atoms with Gasteiger partial charge in [0.25, 0.3) is 31.8 Å². The van der Waals surface area contributed by atoms with Gasteiger partial charge in [-0.05, 0) is 149 Å². The number of carbonyl (C=O) groups excluding carboxylic acids is 5. The van der Waals surface area contributed by atoms with Gasteiger partial charge in [-0.2, -0.15) is 16.8 Å². The summed E-state index contributed by atoms with van der Waals surface area (Å²) < 4.78 is 119. The average Bonchev–Trinajstić information content (AvgIpc) is 0.778. The van der Waals surface area contributed by atoms with Crippen LogP contribution in [0.25, 0.3) is 14.5 Å². The van der Waals surface area contributed by atoms with Crippen molar-refractivity contribution in [1.29, 1.82) is 0 Å². The summed E-state index contributed by atoms with van der Waals surface area (Å²) in [4.78, 5) is 84.8. The maximum Gasteiger partial charge on any atom is 1.00 e. The van der Waals surface area contributed by atoms with Crippen molar-refractivity contribution in [2.24, 2.45) is 57.6 Å². The van der Waals surface area contributed by atoms with Crippen molar-refractivity contribution in [3.63, 3.8) is 0 Å². The number of carbonyl (C=O) groups is 6. The second kappa shape index (κ2) is 63.6. The van der Waals surface area contributed by atoms with E-state index in [2.05, 4.69) is 69.0 Å². The molecule has 5 rings (SSSR count). The van der Waals surface area contributed by atoms with Crippen molar-refractivity contribution in [3.05, 3.63) is 130 Å². The molecule has 0 aliphatic carbocycles. The van der Waals surface area contributed by atoms with E-state index in [9.17, 15) is 62.0 Å². The minimum absolute atomic E-state index is 0. The molecule has 0 atom stereocenters. The van der Waals surface area contributed by atoms with Gasteiger partial charge < -0.3 is 69.8 Å². The summed E-state index contributed by atoms with van der Waals surface area (Å²) in [6, 6.07) is 19.1. The Labute approximate surface area is 748 Å². The van der Waals surface area contributed by atoms with Crippen molar-refractivity contribution in [2.75, 3.05) is 57.6 Å². The van der Waals surface area contributed by atoms with Crippen LogP contribution in [0.3, 0.4) is 0 Å². The van der Waals surface area contributed by atoms with Crippen LogP contribution in [0.2, 0.25) is 0 Å². The van der Waals surface area contributed by atoms with E-state index in [1.54, 1.807) is 76.2 Å². The maximum atomic E-state index is 12.6. The number of ketones is 3. The third-order valence-electron chi connectivity index (χ3n) is 14.7. The molecule has 0 aromatic heterocycles. The predicted molar refractivity (Wildman–Crippen MR) is 446 cm³/mol. The Balaban J connectivity index is -0.000000170. The fourth-order valence-corrected chi connectivity index (χ4v) is 9.63. The number of nitrogens with zero attached hydrogens (tertiary/aromatic N) is 5. The van der Waals surface area contributed by atoms with E-state index >= 15 is 0 Å². The van der Waals surface area contributed by atoms with Gasteiger partial charge >= 0.3 is 74.3 Å². The van der Waals surface area contributed by atoms with Crippen molar-refractivity contribution in [2.45, 2.75) is 180 Å². The molecule has 1 aliphatic rings. The zero-order chi connectivity index (χ0) is 90.6. The monoisotopic (exact) mass is 1800 g/mol. The number of aliphatic hydroxyl groups excluding tert-OH is 2. The maximum absolute atomic E-state index is 12.6. The Hall–Kier alpha value is -7.31. The van der Waals surface area contributed by atoms with E-state index < -0.39 is 83.1 Å².